The molecule has 1 aromatic carbocycles. The van der Waals surface area contributed by atoms with E-state index in [1.807, 2.05) is 32.9 Å². The minimum Gasteiger partial charge on any atom is -0.497 e. The summed E-state index contributed by atoms with van der Waals surface area (Å²) >= 11 is 1.61. The van der Waals surface area contributed by atoms with Crippen LogP contribution in [-0.4, -0.2) is 76.2 Å². The molecule has 3 saturated heterocycles. The Hall–Kier alpha value is -2.78. The summed E-state index contributed by atoms with van der Waals surface area (Å²) in [7, 11) is 1.59. The lowest BCUT2D eigenvalue weighted by Crippen LogP contribution is -2.57. The largest absolute Gasteiger partial charge is 0.497 e. The number of esters is 1. The van der Waals surface area contributed by atoms with E-state index in [0.717, 1.165) is 6.42 Å². The number of hydrogen-bond donors (Lipinski definition) is 1. The molecule has 41 heavy (non-hydrogen) atoms. The van der Waals surface area contributed by atoms with Crippen LogP contribution >= 0.6 is 11.8 Å². The Kier molecular flexibility index (Phi) is 9.59. The van der Waals surface area contributed by atoms with Gasteiger partial charge in [0.05, 0.1) is 42.9 Å². The third-order valence-corrected chi connectivity index (χ3v) is 10.8. The molecule has 4 rings (SSSR count). The highest BCUT2D eigenvalue weighted by Crippen LogP contribution is 2.72. The van der Waals surface area contributed by atoms with Crippen LogP contribution in [0, 0.1) is 17.8 Å². The van der Waals surface area contributed by atoms with Crippen LogP contribution < -0.4 is 9.64 Å². The number of unbranched alkanes of at least 4 members (excludes halogenated alkanes) is 1. The maximum absolute atomic E-state index is 14.7. The summed E-state index contributed by atoms with van der Waals surface area (Å²) in [5.41, 5.74) is 0.661. The summed E-state index contributed by atoms with van der Waals surface area (Å²) in [6.07, 6.45) is 6.72. The number of carbonyl (C=O) groups excluding carboxylic acids is 3. The van der Waals surface area contributed by atoms with Crippen LogP contribution in [0.1, 0.15) is 52.9 Å². The molecule has 3 fully saturated rings. The Morgan fingerprint density at radius 1 is 1.22 bits per heavy atom. The normalized spacial score (nSPS) is 28.9. The first-order chi connectivity index (χ1) is 19.6. The predicted molar refractivity (Wildman–Crippen MR) is 162 cm³/mol. The fourth-order valence-corrected chi connectivity index (χ4v) is 9.39. The number of methoxy groups -OCH3 is 1. The van der Waals surface area contributed by atoms with Gasteiger partial charge in [-0.25, -0.2) is 0 Å². The number of aliphatic hydroxyl groups is 1. The molecular weight excluding hydrogens is 540 g/mol. The lowest BCUT2D eigenvalue weighted by molar-refractivity contribution is -0.156. The van der Waals surface area contributed by atoms with Crippen LogP contribution in [0.2, 0.25) is 0 Å². The molecule has 6 atom stereocenters. The summed E-state index contributed by atoms with van der Waals surface area (Å²) < 4.78 is 9.71. The van der Waals surface area contributed by atoms with Gasteiger partial charge in [0.2, 0.25) is 5.91 Å². The van der Waals surface area contributed by atoms with Gasteiger partial charge in [-0.3, -0.25) is 14.4 Å². The standard InChI is InChI=1S/C32H44N2O6S/c1-7-9-10-18-40-30(38)26-25-28(36)34(23(20-35)19-21(3)4)27(32(25)16-15-31(26,5)41-32)29(37)33(17-8-2)22-11-13-24(39-6)14-12-22/h7-8,11-14,21,23,25-27,35H,1-2,9-10,15-20H2,3-6H3/t23-,25+,26-,27?,31+,32?/m1/s1. The first kappa shape index (κ1) is 31.2. The van der Waals surface area contributed by atoms with E-state index >= 15 is 0 Å². The van der Waals surface area contributed by atoms with Crippen molar-refractivity contribution in [2.45, 2.75) is 74.5 Å². The van der Waals surface area contributed by atoms with Crippen molar-refractivity contribution in [1.82, 2.24) is 4.90 Å². The third kappa shape index (κ3) is 5.55. The highest BCUT2D eigenvalue weighted by Gasteiger charge is 2.78. The fourth-order valence-electron chi connectivity index (χ4n) is 7.07. The highest BCUT2D eigenvalue weighted by atomic mass is 32.2. The van der Waals surface area contributed by atoms with Gasteiger partial charge < -0.3 is 24.4 Å². The van der Waals surface area contributed by atoms with Crippen molar-refractivity contribution in [3.8, 4) is 5.75 Å². The zero-order valence-corrected chi connectivity index (χ0v) is 25.5. The Labute approximate surface area is 248 Å². The Balaban J connectivity index is 1.78. The molecule has 2 bridgehead atoms. The Morgan fingerprint density at radius 3 is 2.51 bits per heavy atom. The summed E-state index contributed by atoms with van der Waals surface area (Å²) in [6, 6.07) is 5.83. The number of anilines is 1. The molecule has 0 radical (unpaired) electrons. The van der Waals surface area contributed by atoms with Crippen LogP contribution in [-0.2, 0) is 19.1 Å². The number of aliphatic hydroxyl groups excluding tert-OH is 1. The van der Waals surface area contributed by atoms with Crippen molar-refractivity contribution in [3.63, 3.8) is 0 Å². The van der Waals surface area contributed by atoms with Gasteiger partial charge in [-0.1, -0.05) is 26.0 Å². The van der Waals surface area contributed by atoms with Crippen LogP contribution in [0.3, 0.4) is 0 Å². The molecule has 3 aliphatic rings. The average molecular weight is 585 g/mol. The van der Waals surface area contributed by atoms with E-state index in [2.05, 4.69) is 13.2 Å². The first-order valence-corrected chi connectivity index (χ1v) is 15.4. The molecule has 1 aromatic rings. The number of fused-ring (bicyclic) bond motifs is 1. The number of likely N-dealkylation sites (tertiary alicyclic amines) is 1. The van der Waals surface area contributed by atoms with Crippen LogP contribution in [0.25, 0.3) is 0 Å². The predicted octanol–water partition coefficient (Wildman–Crippen LogP) is 4.61. The zero-order valence-electron chi connectivity index (χ0n) is 24.7. The second-order valence-electron chi connectivity index (χ2n) is 12.0. The van der Waals surface area contributed by atoms with Gasteiger partial charge in [0.15, 0.2) is 0 Å². The molecule has 3 aliphatic heterocycles. The Bertz CT molecular complexity index is 1160. The van der Waals surface area contributed by atoms with Crippen molar-refractivity contribution in [3.05, 3.63) is 49.6 Å². The molecule has 8 nitrogen and oxygen atoms in total. The number of amides is 2. The molecule has 0 saturated carbocycles. The summed E-state index contributed by atoms with van der Waals surface area (Å²) in [5, 5.41) is 10.5. The lowest BCUT2D eigenvalue weighted by atomic mass is 9.66. The second-order valence-corrected chi connectivity index (χ2v) is 13.9. The summed E-state index contributed by atoms with van der Waals surface area (Å²) in [4.78, 5) is 46.1. The van der Waals surface area contributed by atoms with E-state index in [1.54, 1.807) is 53.0 Å². The number of nitrogens with zero attached hydrogens (tertiary/aromatic N) is 2. The quantitative estimate of drug-likeness (QED) is 0.194. The van der Waals surface area contributed by atoms with E-state index < -0.39 is 33.4 Å². The van der Waals surface area contributed by atoms with E-state index in [1.165, 1.54) is 0 Å². The van der Waals surface area contributed by atoms with Gasteiger partial charge in [0.25, 0.3) is 5.91 Å². The minimum absolute atomic E-state index is 0.187. The number of benzene rings is 1. The van der Waals surface area contributed by atoms with Crippen molar-refractivity contribution in [2.75, 3.05) is 31.8 Å². The van der Waals surface area contributed by atoms with Crippen LogP contribution in [0.15, 0.2) is 49.6 Å². The summed E-state index contributed by atoms with van der Waals surface area (Å²) in [6.45, 7) is 13.9. The monoisotopic (exact) mass is 584 g/mol. The van der Waals surface area contributed by atoms with Gasteiger partial charge in [0, 0.05) is 17.0 Å². The zero-order chi connectivity index (χ0) is 29.9. The molecule has 0 aliphatic carbocycles. The smallest absolute Gasteiger partial charge is 0.311 e. The van der Waals surface area contributed by atoms with Crippen molar-refractivity contribution in [2.24, 2.45) is 17.8 Å². The SMILES string of the molecule is C=CCCCOC(=O)[C@H]1[C@H]2C(=O)N([C@@H](CO)CC(C)C)C(C(=O)N(CC=C)c3ccc(OC)cc3)C23CC[C@]1(C)S3. The number of allylic oxidation sites excluding steroid dienone is 1. The number of hydrogen-bond acceptors (Lipinski definition) is 7. The molecule has 1 spiro atoms. The van der Waals surface area contributed by atoms with E-state index in [9.17, 15) is 19.5 Å². The van der Waals surface area contributed by atoms with Crippen molar-refractivity contribution in [1.29, 1.82) is 0 Å². The van der Waals surface area contributed by atoms with Gasteiger partial charge in [-0.2, -0.15) is 0 Å². The third-order valence-electron chi connectivity index (χ3n) is 8.81. The number of rotatable bonds is 14. The van der Waals surface area contributed by atoms with E-state index in [-0.39, 0.29) is 43.5 Å². The van der Waals surface area contributed by atoms with Crippen LogP contribution in [0.5, 0.6) is 5.75 Å². The summed E-state index contributed by atoms with van der Waals surface area (Å²) in [5.74, 6) is -1.35. The molecule has 2 unspecified atom stereocenters. The van der Waals surface area contributed by atoms with Crippen LogP contribution in [0.4, 0.5) is 5.69 Å². The number of carbonyl (C=O) groups is 3. The Morgan fingerprint density at radius 2 is 1.93 bits per heavy atom. The minimum atomic E-state index is -0.844. The van der Waals surface area contributed by atoms with Crippen molar-refractivity contribution < 1.29 is 29.0 Å². The first-order valence-electron chi connectivity index (χ1n) is 14.6. The molecular formula is C32H44N2O6S. The molecule has 3 heterocycles. The van der Waals surface area contributed by atoms with Gasteiger partial charge >= 0.3 is 5.97 Å². The molecule has 0 aromatic heterocycles. The maximum atomic E-state index is 14.7. The van der Waals surface area contributed by atoms with Gasteiger partial charge in [-0.15, -0.1) is 24.9 Å². The van der Waals surface area contributed by atoms with Gasteiger partial charge in [0.1, 0.15) is 11.8 Å². The topological polar surface area (TPSA) is 96.4 Å². The van der Waals surface area contributed by atoms with E-state index in [4.69, 9.17) is 9.47 Å². The molecule has 9 heteroatoms. The van der Waals surface area contributed by atoms with E-state index in [0.29, 0.717) is 37.1 Å². The lowest BCUT2D eigenvalue weighted by Gasteiger charge is -2.40. The maximum Gasteiger partial charge on any atom is 0.311 e. The number of thioether (sulfide) groups is 1. The fraction of sp³-hybridized carbons (Fsp3) is 0.594. The highest BCUT2D eigenvalue weighted by molar-refractivity contribution is 8.02. The molecule has 224 valence electrons. The second kappa shape index (κ2) is 12.6. The molecule has 1 N–H and O–H groups in total. The molecule has 2 amide bonds. The number of ether oxygens (including phenoxy) is 2. The average Bonchev–Trinajstić information content (AvgIpc) is 3.53. The van der Waals surface area contributed by atoms with Crippen molar-refractivity contribution >= 4 is 35.2 Å². The van der Waals surface area contributed by atoms with Gasteiger partial charge in [-0.05, 0) is 69.2 Å².